The number of carbonyl (C=O) groups is 1. The van der Waals surface area contributed by atoms with Crippen molar-refractivity contribution in [2.24, 2.45) is 0 Å². The molecule has 1 aliphatic rings. The van der Waals surface area contributed by atoms with Crippen LogP contribution in [0.25, 0.3) is 10.9 Å². The zero-order chi connectivity index (χ0) is 30.4. The summed E-state index contributed by atoms with van der Waals surface area (Å²) < 4.78 is 5.40. The quantitative estimate of drug-likeness (QED) is 0.0969. The molecule has 2 atom stereocenters. The van der Waals surface area contributed by atoms with Gasteiger partial charge in [-0.2, -0.15) is 0 Å². The molecule has 3 rings (SSSR count). The van der Waals surface area contributed by atoms with Gasteiger partial charge in [-0.05, 0) is 89.3 Å². The average molecular weight is 577 g/mol. The van der Waals surface area contributed by atoms with Crippen LogP contribution in [-0.4, -0.2) is 42.0 Å². The molecule has 2 aromatic rings. The molecule has 0 spiro atoms. The Morgan fingerprint density at radius 3 is 2.43 bits per heavy atom. The molecule has 0 amide bonds. The van der Waals surface area contributed by atoms with Crippen molar-refractivity contribution in [3.05, 3.63) is 72.1 Å². The zero-order valence-electron chi connectivity index (χ0n) is 27.3. The molecule has 0 aliphatic carbocycles. The van der Waals surface area contributed by atoms with Gasteiger partial charge in [0.15, 0.2) is 0 Å². The number of aldehydes is 1. The topological polar surface area (TPSA) is 45.3 Å². The summed E-state index contributed by atoms with van der Waals surface area (Å²) in [6, 6.07) is 7.20. The number of aryl methyl sites for hydroxylation is 1. The first-order valence-electron chi connectivity index (χ1n) is 16.8. The summed E-state index contributed by atoms with van der Waals surface area (Å²) in [6.45, 7) is 12.0. The number of carbonyl (C=O) groups excluding carboxylic acids is 1. The minimum absolute atomic E-state index is 0.236. The van der Waals surface area contributed by atoms with Crippen molar-refractivity contribution in [1.82, 2.24) is 9.88 Å². The normalized spacial score (nSPS) is 15.9. The molecule has 1 aliphatic heterocycles. The molecule has 1 fully saturated rings. The summed E-state index contributed by atoms with van der Waals surface area (Å²) in [6.07, 6.45) is 31.6. The molecule has 42 heavy (non-hydrogen) atoms. The fourth-order valence-electron chi connectivity index (χ4n) is 5.75. The minimum atomic E-state index is 0.236. The first-order chi connectivity index (χ1) is 20.5. The first-order valence-corrected chi connectivity index (χ1v) is 16.8. The van der Waals surface area contributed by atoms with Gasteiger partial charge in [-0.3, -0.25) is 0 Å². The SMILES string of the molecule is C=C(CC(C)OC)N1CCCC1Cc1c[nH]c2ccc(C)cc12.CCCCC/C=C\C/C=C\CCCCCCCC=O. The standard InChI is InChI=1S/C20H28N2O.C18H32O/c1-14-7-8-20-19(10-14)17(13-21-20)12-18-6-5-9-22(18)15(2)11-16(3)23-4;1-2-3-4-5-6-7-8-9-10-11-12-13-14-15-16-17-18-19/h7-8,10,13,16,18,21H,2,5-6,9,11-12H2,1,3-4H3;6-7,9-10,18H,2-5,8,11-17H2,1H3/b;7-6-,10-9-. The maximum atomic E-state index is 10.1. The van der Waals surface area contributed by atoms with E-state index in [0.29, 0.717) is 6.04 Å². The lowest BCUT2D eigenvalue weighted by Gasteiger charge is -2.30. The van der Waals surface area contributed by atoms with Crippen molar-refractivity contribution >= 4 is 17.2 Å². The van der Waals surface area contributed by atoms with Crippen LogP contribution in [0.15, 0.2) is 61.0 Å². The van der Waals surface area contributed by atoms with E-state index in [4.69, 9.17) is 4.74 Å². The van der Waals surface area contributed by atoms with Crippen molar-refractivity contribution in [2.45, 2.75) is 136 Å². The predicted molar refractivity (Wildman–Crippen MR) is 182 cm³/mol. The molecule has 4 nitrogen and oxygen atoms in total. The Morgan fingerprint density at radius 2 is 1.74 bits per heavy atom. The fraction of sp³-hybridized carbons (Fsp3) is 0.605. The highest BCUT2D eigenvalue weighted by Gasteiger charge is 2.27. The maximum absolute atomic E-state index is 10.1. The van der Waals surface area contributed by atoms with E-state index in [9.17, 15) is 4.79 Å². The number of methoxy groups -OCH3 is 1. The van der Waals surface area contributed by atoms with Gasteiger partial charge < -0.3 is 19.4 Å². The van der Waals surface area contributed by atoms with E-state index in [-0.39, 0.29) is 6.10 Å². The Hall–Kier alpha value is -2.59. The van der Waals surface area contributed by atoms with Crippen LogP contribution < -0.4 is 0 Å². The van der Waals surface area contributed by atoms with Gasteiger partial charge in [0.1, 0.15) is 6.29 Å². The van der Waals surface area contributed by atoms with E-state index >= 15 is 0 Å². The van der Waals surface area contributed by atoms with Crippen LogP contribution in [0, 0.1) is 6.92 Å². The lowest BCUT2D eigenvalue weighted by Crippen LogP contribution is -2.31. The number of aromatic nitrogens is 1. The Bertz CT molecular complexity index is 1070. The van der Waals surface area contributed by atoms with Crippen molar-refractivity contribution in [2.75, 3.05) is 13.7 Å². The molecular formula is C38H60N2O2. The lowest BCUT2D eigenvalue weighted by molar-refractivity contribution is -0.107. The Balaban J connectivity index is 0.000000301. The summed E-state index contributed by atoms with van der Waals surface area (Å²) >= 11 is 0. The number of allylic oxidation sites excluding steroid dienone is 4. The molecule has 234 valence electrons. The number of benzene rings is 1. The number of fused-ring (bicyclic) bond motifs is 1. The van der Waals surface area contributed by atoms with E-state index in [2.05, 4.69) is 85.9 Å². The zero-order valence-corrected chi connectivity index (χ0v) is 27.3. The van der Waals surface area contributed by atoms with E-state index in [1.165, 1.54) is 98.4 Å². The van der Waals surface area contributed by atoms with E-state index < -0.39 is 0 Å². The number of unbranched alkanes of at least 4 members (excludes halogenated alkanes) is 9. The van der Waals surface area contributed by atoms with Crippen LogP contribution in [-0.2, 0) is 16.0 Å². The van der Waals surface area contributed by atoms with Crippen LogP contribution in [0.3, 0.4) is 0 Å². The number of aromatic amines is 1. The van der Waals surface area contributed by atoms with Gasteiger partial charge in [-0.25, -0.2) is 0 Å². The van der Waals surface area contributed by atoms with Crippen molar-refractivity contribution < 1.29 is 9.53 Å². The number of H-pyrrole nitrogens is 1. The van der Waals surface area contributed by atoms with Gasteiger partial charge in [0.2, 0.25) is 0 Å². The molecule has 2 unspecified atom stereocenters. The molecule has 0 saturated carbocycles. The lowest BCUT2D eigenvalue weighted by atomic mass is 10.0. The Morgan fingerprint density at radius 1 is 1.05 bits per heavy atom. The monoisotopic (exact) mass is 576 g/mol. The van der Waals surface area contributed by atoms with Gasteiger partial charge >= 0.3 is 0 Å². The number of likely N-dealkylation sites (tertiary alicyclic amines) is 1. The molecule has 1 saturated heterocycles. The third-order valence-electron chi connectivity index (χ3n) is 8.36. The van der Waals surface area contributed by atoms with Gasteiger partial charge in [0.25, 0.3) is 0 Å². The number of nitrogens with one attached hydrogen (secondary N) is 1. The molecule has 4 heteroatoms. The highest BCUT2D eigenvalue weighted by atomic mass is 16.5. The molecule has 0 bridgehead atoms. The average Bonchev–Trinajstić information content (AvgIpc) is 3.62. The van der Waals surface area contributed by atoms with Crippen molar-refractivity contribution in [1.29, 1.82) is 0 Å². The molecule has 1 aromatic carbocycles. The van der Waals surface area contributed by atoms with E-state index in [1.54, 1.807) is 7.11 Å². The predicted octanol–water partition coefficient (Wildman–Crippen LogP) is 10.4. The molecular weight excluding hydrogens is 516 g/mol. The molecule has 0 radical (unpaired) electrons. The van der Waals surface area contributed by atoms with Gasteiger partial charge in [0.05, 0.1) is 6.10 Å². The number of rotatable bonds is 20. The summed E-state index contributed by atoms with van der Waals surface area (Å²) in [5.41, 5.74) is 5.20. The molecule has 2 heterocycles. The fourth-order valence-corrected chi connectivity index (χ4v) is 5.75. The van der Waals surface area contributed by atoms with Gasteiger partial charge in [0, 0.05) is 55.3 Å². The van der Waals surface area contributed by atoms with E-state index in [0.717, 1.165) is 44.9 Å². The third-order valence-corrected chi connectivity index (χ3v) is 8.36. The molecule has 1 N–H and O–H groups in total. The number of hydrogen-bond donors (Lipinski definition) is 1. The van der Waals surface area contributed by atoms with Gasteiger partial charge in [-0.1, -0.05) is 81.5 Å². The van der Waals surface area contributed by atoms with Crippen LogP contribution >= 0.6 is 0 Å². The number of ether oxygens (including phenoxy) is 1. The Labute approximate surface area is 257 Å². The second-order valence-corrected chi connectivity index (χ2v) is 12.1. The largest absolute Gasteiger partial charge is 0.381 e. The van der Waals surface area contributed by atoms with Crippen molar-refractivity contribution in [3.63, 3.8) is 0 Å². The highest BCUT2D eigenvalue weighted by Crippen LogP contribution is 2.29. The number of hydrogen-bond acceptors (Lipinski definition) is 3. The smallest absolute Gasteiger partial charge is 0.119 e. The van der Waals surface area contributed by atoms with Gasteiger partial charge in [-0.15, -0.1) is 0 Å². The highest BCUT2D eigenvalue weighted by molar-refractivity contribution is 5.83. The van der Waals surface area contributed by atoms with Crippen molar-refractivity contribution in [3.8, 4) is 0 Å². The summed E-state index contributed by atoms with van der Waals surface area (Å²) in [5, 5.41) is 1.37. The Kier molecular flexibility index (Phi) is 18.7. The van der Waals surface area contributed by atoms with Crippen LogP contribution in [0.1, 0.15) is 121 Å². The third kappa shape index (κ3) is 14.1. The van der Waals surface area contributed by atoms with Crippen LogP contribution in [0.5, 0.6) is 0 Å². The number of nitrogens with zero attached hydrogens (tertiary/aromatic N) is 1. The molecule has 1 aromatic heterocycles. The second kappa shape index (κ2) is 22.0. The van der Waals surface area contributed by atoms with E-state index in [1.807, 2.05) is 0 Å². The second-order valence-electron chi connectivity index (χ2n) is 12.1. The summed E-state index contributed by atoms with van der Waals surface area (Å²) in [4.78, 5) is 16.0. The van der Waals surface area contributed by atoms with Crippen LogP contribution in [0.4, 0.5) is 0 Å². The maximum Gasteiger partial charge on any atom is 0.119 e. The summed E-state index contributed by atoms with van der Waals surface area (Å²) in [5.74, 6) is 0. The first kappa shape index (κ1) is 35.6. The summed E-state index contributed by atoms with van der Waals surface area (Å²) in [7, 11) is 1.77. The van der Waals surface area contributed by atoms with Crippen LogP contribution in [0.2, 0.25) is 0 Å². The minimum Gasteiger partial charge on any atom is -0.381 e.